The van der Waals surface area contributed by atoms with Crippen LogP contribution < -0.4 is 0 Å². The average Bonchev–Trinajstić information content (AvgIpc) is 2.46. The molecular weight excluding hydrogens is 303 g/mol. The summed E-state index contributed by atoms with van der Waals surface area (Å²) in [6.07, 6.45) is 2.32. The highest BCUT2D eigenvalue weighted by atomic mass is 32.2. The van der Waals surface area contributed by atoms with Gasteiger partial charge >= 0.3 is 5.69 Å². The fourth-order valence-corrected chi connectivity index (χ4v) is 3.94. The van der Waals surface area contributed by atoms with Crippen molar-refractivity contribution in [1.82, 2.24) is 4.31 Å². The van der Waals surface area contributed by atoms with Crippen molar-refractivity contribution in [3.63, 3.8) is 0 Å². The number of hydrogen-bond acceptors (Lipinski definition) is 5. The zero-order valence-electron chi connectivity index (χ0n) is 10.9. The van der Waals surface area contributed by atoms with Gasteiger partial charge in [-0.15, -0.1) is 0 Å². The molecule has 0 spiro atoms. The molecule has 0 bridgehead atoms. The fourth-order valence-electron chi connectivity index (χ4n) is 2.30. The molecule has 1 aromatic carbocycles. The number of nitro groups is 1. The van der Waals surface area contributed by atoms with Crippen molar-refractivity contribution in [3.05, 3.63) is 34.1 Å². The zero-order valence-corrected chi connectivity index (χ0v) is 11.8. The summed E-state index contributed by atoms with van der Waals surface area (Å²) in [6.45, 7) is 0.171. The normalized spacial score (nSPS) is 20.1. The predicted molar refractivity (Wildman–Crippen MR) is 70.6 cm³/mol. The molecular formula is C12H13FN2O5S. The highest BCUT2D eigenvalue weighted by Crippen LogP contribution is 2.27. The Bertz CT molecular complexity index is 676. The largest absolute Gasteiger partial charge is 0.304 e. The molecule has 7 nitrogen and oxygen atoms in total. The fraction of sp³-hybridized carbons (Fsp3) is 0.417. The molecule has 1 heterocycles. The van der Waals surface area contributed by atoms with Crippen LogP contribution in [0, 0.1) is 15.9 Å². The van der Waals surface area contributed by atoms with E-state index in [2.05, 4.69) is 0 Å². The maximum Gasteiger partial charge on any atom is 0.304 e. The summed E-state index contributed by atoms with van der Waals surface area (Å²) in [5.74, 6) is -1.22. The predicted octanol–water partition coefficient (Wildman–Crippen LogP) is 1.48. The standard InChI is InChI=1S/C12H13FN2O5S/c13-11-7-10(4-5-12(11)15(17)18)21(19,20)14-6-2-1-3-9(14)8-16/h4-5,7-9H,1-3,6H2. The maximum atomic E-state index is 13.6. The van der Waals surface area contributed by atoms with E-state index in [0.29, 0.717) is 25.2 Å². The Balaban J connectivity index is 2.41. The zero-order chi connectivity index (χ0) is 15.6. The third-order valence-corrected chi connectivity index (χ3v) is 5.30. The van der Waals surface area contributed by atoms with Crippen molar-refractivity contribution in [2.24, 2.45) is 0 Å². The van der Waals surface area contributed by atoms with Gasteiger partial charge in [0.1, 0.15) is 6.29 Å². The summed E-state index contributed by atoms with van der Waals surface area (Å²) in [4.78, 5) is 20.2. The molecule has 21 heavy (non-hydrogen) atoms. The number of benzene rings is 1. The number of piperidine rings is 1. The van der Waals surface area contributed by atoms with Gasteiger partial charge < -0.3 is 4.79 Å². The van der Waals surface area contributed by atoms with E-state index in [1.165, 1.54) is 0 Å². The third-order valence-electron chi connectivity index (χ3n) is 3.38. The second kappa shape index (κ2) is 5.86. The van der Waals surface area contributed by atoms with Crippen LogP contribution in [-0.2, 0) is 14.8 Å². The van der Waals surface area contributed by atoms with E-state index in [4.69, 9.17) is 0 Å². The van der Waals surface area contributed by atoms with Crippen molar-refractivity contribution in [1.29, 1.82) is 0 Å². The van der Waals surface area contributed by atoms with E-state index in [1.54, 1.807) is 0 Å². The van der Waals surface area contributed by atoms with Gasteiger partial charge in [0.15, 0.2) is 0 Å². The molecule has 0 aliphatic carbocycles. The van der Waals surface area contributed by atoms with Gasteiger partial charge in [0.25, 0.3) is 0 Å². The molecule has 1 aliphatic heterocycles. The number of carbonyl (C=O) groups excluding carboxylic acids is 1. The molecule has 1 aliphatic rings. The second-order valence-electron chi connectivity index (χ2n) is 4.69. The highest BCUT2D eigenvalue weighted by molar-refractivity contribution is 7.89. The van der Waals surface area contributed by atoms with Crippen molar-refractivity contribution >= 4 is 22.0 Å². The molecule has 1 saturated heterocycles. The minimum atomic E-state index is -4.05. The van der Waals surface area contributed by atoms with Crippen LogP contribution in [0.3, 0.4) is 0 Å². The Labute approximate surface area is 120 Å². The minimum Gasteiger partial charge on any atom is -0.302 e. The van der Waals surface area contributed by atoms with Crippen LogP contribution in [0.25, 0.3) is 0 Å². The Hall–Kier alpha value is -1.87. The number of carbonyl (C=O) groups is 1. The lowest BCUT2D eigenvalue weighted by Crippen LogP contribution is -2.44. The number of nitro benzene ring substituents is 1. The lowest BCUT2D eigenvalue weighted by molar-refractivity contribution is -0.387. The molecule has 1 fully saturated rings. The number of rotatable bonds is 4. The van der Waals surface area contributed by atoms with Crippen LogP contribution in [0.5, 0.6) is 0 Å². The topological polar surface area (TPSA) is 97.6 Å². The highest BCUT2D eigenvalue weighted by Gasteiger charge is 2.34. The van der Waals surface area contributed by atoms with Gasteiger partial charge in [-0.1, -0.05) is 6.42 Å². The summed E-state index contributed by atoms with van der Waals surface area (Å²) >= 11 is 0. The maximum absolute atomic E-state index is 13.6. The molecule has 2 rings (SSSR count). The number of halogens is 1. The Morgan fingerprint density at radius 2 is 2.10 bits per heavy atom. The Kier molecular flexibility index (Phi) is 4.33. The number of nitrogens with zero attached hydrogens (tertiary/aromatic N) is 2. The lowest BCUT2D eigenvalue weighted by atomic mass is 10.1. The summed E-state index contributed by atoms with van der Waals surface area (Å²) in [6, 6.07) is 1.63. The van der Waals surface area contributed by atoms with Crippen LogP contribution in [0.15, 0.2) is 23.1 Å². The first-order valence-corrected chi connectivity index (χ1v) is 7.73. The van der Waals surface area contributed by atoms with Gasteiger partial charge in [0.05, 0.1) is 15.9 Å². The molecule has 0 saturated carbocycles. The van der Waals surface area contributed by atoms with Gasteiger partial charge in [-0.2, -0.15) is 8.70 Å². The van der Waals surface area contributed by atoms with E-state index in [9.17, 15) is 27.7 Å². The Morgan fingerprint density at radius 1 is 1.38 bits per heavy atom. The summed E-state index contributed by atoms with van der Waals surface area (Å²) in [5, 5.41) is 10.5. The van der Waals surface area contributed by atoms with Gasteiger partial charge in [-0.3, -0.25) is 10.1 Å². The van der Waals surface area contributed by atoms with E-state index < -0.39 is 32.5 Å². The van der Waals surface area contributed by atoms with Gasteiger partial charge in [-0.25, -0.2) is 8.42 Å². The lowest BCUT2D eigenvalue weighted by Gasteiger charge is -2.31. The molecule has 114 valence electrons. The summed E-state index contributed by atoms with van der Waals surface area (Å²) in [7, 11) is -4.05. The first kappa shape index (κ1) is 15.5. The molecule has 1 unspecified atom stereocenters. The smallest absolute Gasteiger partial charge is 0.302 e. The van der Waals surface area contributed by atoms with E-state index in [1.807, 2.05) is 0 Å². The average molecular weight is 316 g/mol. The van der Waals surface area contributed by atoms with Crippen molar-refractivity contribution < 1.29 is 22.5 Å². The Morgan fingerprint density at radius 3 is 2.67 bits per heavy atom. The van der Waals surface area contributed by atoms with Crippen LogP contribution in [-0.4, -0.2) is 36.5 Å². The number of sulfonamides is 1. The van der Waals surface area contributed by atoms with E-state index in [0.717, 1.165) is 22.9 Å². The first-order valence-electron chi connectivity index (χ1n) is 6.29. The quantitative estimate of drug-likeness (QED) is 0.476. The number of hydrogen-bond donors (Lipinski definition) is 0. The van der Waals surface area contributed by atoms with E-state index >= 15 is 0 Å². The number of aldehydes is 1. The molecule has 0 radical (unpaired) electrons. The summed E-state index contributed by atoms with van der Waals surface area (Å²) in [5.41, 5.74) is -0.792. The van der Waals surface area contributed by atoms with E-state index in [-0.39, 0.29) is 11.4 Å². The molecule has 9 heteroatoms. The van der Waals surface area contributed by atoms with Crippen LogP contribution in [0.4, 0.5) is 10.1 Å². The van der Waals surface area contributed by atoms with Gasteiger partial charge in [-0.05, 0) is 18.9 Å². The monoisotopic (exact) mass is 316 g/mol. The molecule has 1 aromatic rings. The van der Waals surface area contributed by atoms with Gasteiger partial charge in [0, 0.05) is 18.7 Å². The first-order chi connectivity index (χ1) is 9.87. The van der Waals surface area contributed by atoms with Crippen LogP contribution in [0.2, 0.25) is 0 Å². The molecule has 1 atom stereocenters. The second-order valence-corrected chi connectivity index (χ2v) is 6.58. The van der Waals surface area contributed by atoms with Crippen LogP contribution >= 0.6 is 0 Å². The SMILES string of the molecule is O=CC1CCCCN1S(=O)(=O)c1ccc([N+](=O)[O-])c(F)c1. The van der Waals surface area contributed by atoms with Crippen molar-refractivity contribution in [2.75, 3.05) is 6.54 Å². The summed E-state index contributed by atoms with van der Waals surface area (Å²) < 4.78 is 39.4. The minimum absolute atomic E-state index is 0.171. The van der Waals surface area contributed by atoms with Crippen molar-refractivity contribution in [3.8, 4) is 0 Å². The third kappa shape index (κ3) is 2.93. The van der Waals surface area contributed by atoms with Crippen LogP contribution in [0.1, 0.15) is 19.3 Å². The van der Waals surface area contributed by atoms with Crippen molar-refractivity contribution in [2.45, 2.75) is 30.2 Å². The van der Waals surface area contributed by atoms with Gasteiger partial charge in [0.2, 0.25) is 15.8 Å². The molecule has 0 aromatic heterocycles. The molecule has 0 N–H and O–H groups in total. The molecule has 0 amide bonds.